The number of amides is 3. The number of benzene rings is 2. The topological polar surface area (TPSA) is 135 Å². The Morgan fingerprint density at radius 1 is 0.972 bits per heavy atom. The van der Waals surface area contributed by atoms with E-state index in [-0.39, 0.29) is 36.6 Å². The molecule has 1 saturated heterocycles. The van der Waals surface area contributed by atoms with Gasteiger partial charge in [-0.15, -0.1) is 0 Å². The lowest BCUT2D eigenvalue weighted by atomic mass is 10.1. The number of carbonyl (C=O) groups is 4. The third kappa shape index (κ3) is 6.15. The molecule has 0 unspecified atom stereocenters. The molecule has 10 nitrogen and oxygen atoms in total. The van der Waals surface area contributed by atoms with Gasteiger partial charge in [0.2, 0.25) is 5.91 Å². The highest BCUT2D eigenvalue weighted by molar-refractivity contribution is 6.00. The molecule has 1 aromatic heterocycles. The molecule has 2 N–H and O–H groups in total. The van der Waals surface area contributed by atoms with E-state index in [2.05, 4.69) is 10.6 Å². The summed E-state index contributed by atoms with van der Waals surface area (Å²) in [6.07, 6.45) is 0.380. The van der Waals surface area contributed by atoms with Crippen molar-refractivity contribution < 1.29 is 28.3 Å². The lowest BCUT2D eigenvalue weighted by Gasteiger charge is -2.24. The SMILES string of the molecule is O=C(NCC(=O)N1CCC[C@H]1C(=O)CNC(=O)c1ccc2ccc(=O)oc2c1)OCc1ccccc1. The van der Waals surface area contributed by atoms with Crippen LogP contribution in [0.1, 0.15) is 28.8 Å². The fourth-order valence-electron chi connectivity index (χ4n) is 4.01. The number of hydrogen-bond donors (Lipinski definition) is 2. The summed E-state index contributed by atoms with van der Waals surface area (Å²) in [5, 5.41) is 5.64. The Morgan fingerprint density at radius 3 is 2.56 bits per heavy atom. The van der Waals surface area contributed by atoms with Gasteiger partial charge in [-0.2, -0.15) is 0 Å². The molecule has 1 aliphatic rings. The minimum absolute atomic E-state index is 0.0781. The summed E-state index contributed by atoms with van der Waals surface area (Å²) in [5.41, 5.74) is 0.797. The van der Waals surface area contributed by atoms with Crippen LogP contribution in [-0.2, 0) is 20.9 Å². The maximum Gasteiger partial charge on any atom is 0.407 e. The van der Waals surface area contributed by atoms with Crippen LogP contribution in [0.3, 0.4) is 0 Å². The van der Waals surface area contributed by atoms with Gasteiger partial charge in [-0.1, -0.05) is 36.4 Å². The lowest BCUT2D eigenvalue weighted by Crippen LogP contribution is -2.48. The Kier molecular flexibility index (Phi) is 7.74. The van der Waals surface area contributed by atoms with Crippen LogP contribution in [0.25, 0.3) is 11.0 Å². The third-order valence-electron chi connectivity index (χ3n) is 5.85. The van der Waals surface area contributed by atoms with E-state index in [0.29, 0.717) is 24.8 Å². The second-order valence-corrected chi connectivity index (χ2v) is 8.32. The Hall–Kier alpha value is -4.47. The average molecular weight is 492 g/mol. The highest BCUT2D eigenvalue weighted by Gasteiger charge is 2.33. The van der Waals surface area contributed by atoms with Gasteiger partial charge in [0.15, 0.2) is 5.78 Å². The van der Waals surface area contributed by atoms with Gasteiger partial charge in [0.25, 0.3) is 5.91 Å². The van der Waals surface area contributed by atoms with Crippen molar-refractivity contribution in [3.05, 3.63) is 82.2 Å². The molecule has 3 aromatic rings. The van der Waals surface area contributed by atoms with Crippen LogP contribution in [0, 0.1) is 0 Å². The molecule has 3 amide bonds. The zero-order valence-corrected chi connectivity index (χ0v) is 19.4. The summed E-state index contributed by atoms with van der Waals surface area (Å²) in [6, 6.07) is 16.0. The second kappa shape index (κ2) is 11.3. The first kappa shape index (κ1) is 24.6. The predicted octanol–water partition coefficient (Wildman–Crippen LogP) is 2.01. The van der Waals surface area contributed by atoms with Crippen molar-refractivity contribution in [3.63, 3.8) is 0 Å². The fourth-order valence-corrected chi connectivity index (χ4v) is 4.01. The molecule has 0 radical (unpaired) electrons. The zero-order chi connectivity index (χ0) is 25.5. The molecule has 0 aliphatic carbocycles. The van der Waals surface area contributed by atoms with E-state index in [1.807, 2.05) is 30.3 Å². The van der Waals surface area contributed by atoms with E-state index in [1.165, 1.54) is 17.0 Å². The van der Waals surface area contributed by atoms with Gasteiger partial charge < -0.3 is 24.7 Å². The van der Waals surface area contributed by atoms with Gasteiger partial charge in [0.05, 0.1) is 12.6 Å². The van der Waals surface area contributed by atoms with E-state index in [0.717, 1.165) is 5.56 Å². The van der Waals surface area contributed by atoms with E-state index in [1.54, 1.807) is 18.2 Å². The molecule has 36 heavy (non-hydrogen) atoms. The van der Waals surface area contributed by atoms with Gasteiger partial charge >= 0.3 is 11.7 Å². The number of likely N-dealkylation sites (tertiary alicyclic amines) is 1. The largest absolute Gasteiger partial charge is 0.445 e. The molecule has 1 fully saturated rings. The van der Waals surface area contributed by atoms with E-state index < -0.39 is 29.6 Å². The summed E-state index contributed by atoms with van der Waals surface area (Å²) in [4.78, 5) is 62.7. The molecule has 1 aliphatic heterocycles. The molecule has 2 aromatic carbocycles. The molecule has 0 saturated carbocycles. The van der Waals surface area contributed by atoms with Crippen molar-refractivity contribution in [3.8, 4) is 0 Å². The minimum Gasteiger partial charge on any atom is -0.445 e. The van der Waals surface area contributed by atoms with Crippen LogP contribution in [0.5, 0.6) is 0 Å². The fraction of sp³-hybridized carbons (Fsp3) is 0.269. The van der Waals surface area contributed by atoms with Crippen molar-refractivity contribution in [2.75, 3.05) is 19.6 Å². The summed E-state index contributed by atoms with van der Waals surface area (Å²) in [7, 11) is 0. The molecule has 2 heterocycles. The number of Topliss-reactive ketones (excluding diaryl/α,β-unsaturated/α-hetero) is 1. The van der Waals surface area contributed by atoms with Crippen molar-refractivity contribution in [1.82, 2.24) is 15.5 Å². The molecule has 1 atom stereocenters. The number of nitrogens with zero attached hydrogens (tertiary/aromatic N) is 1. The van der Waals surface area contributed by atoms with Crippen LogP contribution in [0.4, 0.5) is 4.79 Å². The van der Waals surface area contributed by atoms with Gasteiger partial charge in [0.1, 0.15) is 18.7 Å². The normalized spacial score (nSPS) is 14.9. The first-order valence-electron chi connectivity index (χ1n) is 11.5. The van der Waals surface area contributed by atoms with Crippen LogP contribution >= 0.6 is 0 Å². The monoisotopic (exact) mass is 491 g/mol. The molecule has 10 heteroatoms. The van der Waals surface area contributed by atoms with Crippen molar-refractivity contribution in [2.24, 2.45) is 0 Å². The number of alkyl carbamates (subject to hydrolysis) is 1. The highest BCUT2D eigenvalue weighted by Crippen LogP contribution is 2.18. The highest BCUT2D eigenvalue weighted by atomic mass is 16.5. The molecular formula is C26H25N3O7. The summed E-state index contributed by atoms with van der Waals surface area (Å²) in [6.45, 7) is -0.106. The maximum atomic E-state index is 12.8. The predicted molar refractivity (Wildman–Crippen MR) is 129 cm³/mol. The first-order chi connectivity index (χ1) is 17.4. The molecule has 186 valence electrons. The Bertz CT molecular complexity index is 1340. The van der Waals surface area contributed by atoms with E-state index >= 15 is 0 Å². The number of ketones is 1. The van der Waals surface area contributed by atoms with Crippen molar-refractivity contribution in [2.45, 2.75) is 25.5 Å². The summed E-state index contributed by atoms with van der Waals surface area (Å²) in [5.74, 6) is -1.22. The minimum atomic E-state index is -0.729. The number of carbonyl (C=O) groups excluding carboxylic acids is 4. The average Bonchev–Trinajstić information content (AvgIpc) is 3.39. The van der Waals surface area contributed by atoms with Gasteiger partial charge in [0, 0.05) is 23.6 Å². The zero-order valence-electron chi connectivity index (χ0n) is 19.4. The van der Waals surface area contributed by atoms with Crippen LogP contribution < -0.4 is 16.3 Å². The number of nitrogens with one attached hydrogen (secondary N) is 2. The van der Waals surface area contributed by atoms with E-state index in [9.17, 15) is 24.0 Å². The van der Waals surface area contributed by atoms with Crippen molar-refractivity contribution >= 4 is 34.7 Å². The smallest absolute Gasteiger partial charge is 0.407 e. The quantitative estimate of drug-likeness (QED) is 0.460. The standard InChI is InChI=1S/C26H25N3O7/c30-21(14-27-25(33)19-9-8-18-10-11-24(32)36-22(18)13-19)20-7-4-12-29(20)23(31)15-28-26(34)35-16-17-5-2-1-3-6-17/h1-3,5-6,8-11,13,20H,4,7,12,14-16H2,(H,27,33)(H,28,34)/t20-/m0/s1. The van der Waals surface area contributed by atoms with Crippen LogP contribution in [0.15, 0.2) is 69.9 Å². The number of fused-ring (bicyclic) bond motifs is 1. The number of hydrogen-bond acceptors (Lipinski definition) is 7. The summed E-state index contributed by atoms with van der Waals surface area (Å²) >= 11 is 0. The molecule has 4 rings (SSSR count). The second-order valence-electron chi connectivity index (χ2n) is 8.32. The maximum absolute atomic E-state index is 12.8. The van der Waals surface area contributed by atoms with Crippen molar-refractivity contribution in [1.29, 1.82) is 0 Å². The van der Waals surface area contributed by atoms with Crippen LogP contribution in [0.2, 0.25) is 0 Å². The van der Waals surface area contributed by atoms with E-state index in [4.69, 9.17) is 9.15 Å². The van der Waals surface area contributed by atoms with Gasteiger partial charge in [-0.05, 0) is 36.6 Å². The summed E-state index contributed by atoms with van der Waals surface area (Å²) < 4.78 is 10.2. The number of ether oxygens (including phenoxy) is 1. The molecule has 0 bridgehead atoms. The van der Waals surface area contributed by atoms with Crippen LogP contribution in [-0.4, -0.2) is 54.3 Å². The van der Waals surface area contributed by atoms with Gasteiger partial charge in [-0.3, -0.25) is 14.4 Å². The Morgan fingerprint density at radius 2 is 1.75 bits per heavy atom. The first-order valence-corrected chi connectivity index (χ1v) is 11.5. The number of rotatable bonds is 8. The van der Waals surface area contributed by atoms with Gasteiger partial charge in [-0.25, -0.2) is 9.59 Å². The Balaban J connectivity index is 1.26. The third-order valence-corrected chi connectivity index (χ3v) is 5.85. The lowest BCUT2D eigenvalue weighted by molar-refractivity contribution is -0.136. The molecule has 0 spiro atoms. The Labute approximate surface area is 206 Å². The molecular weight excluding hydrogens is 466 g/mol.